The van der Waals surface area contributed by atoms with E-state index in [1.807, 2.05) is 60.8 Å². The van der Waals surface area contributed by atoms with E-state index in [9.17, 15) is 4.79 Å². The molecule has 0 atom stereocenters. The van der Waals surface area contributed by atoms with Gasteiger partial charge < -0.3 is 10.5 Å². The summed E-state index contributed by atoms with van der Waals surface area (Å²) in [4.78, 5) is 17.2. The molecule has 0 amide bonds. The van der Waals surface area contributed by atoms with E-state index in [-0.39, 0.29) is 11.1 Å². The Morgan fingerprint density at radius 1 is 1.00 bits per heavy atom. The van der Waals surface area contributed by atoms with Crippen LogP contribution in [0.1, 0.15) is 5.69 Å². The normalized spacial score (nSPS) is 11.7. The van der Waals surface area contributed by atoms with Crippen LogP contribution in [0.5, 0.6) is 5.75 Å². The Bertz CT molecular complexity index is 1290. The minimum absolute atomic E-state index is 0.166. The van der Waals surface area contributed by atoms with Crippen LogP contribution in [0.3, 0.4) is 0 Å². The second kappa shape index (κ2) is 8.91. The van der Waals surface area contributed by atoms with Gasteiger partial charge in [-0.05, 0) is 42.6 Å². The molecule has 0 spiro atoms. The van der Waals surface area contributed by atoms with Gasteiger partial charge in [0.1, 0.15) is 11.4 Å². The van der Waals surface area contributed by atoms with Crippen LogP contribution >= 0.6 is 0 Å². The Balaban J connectivity index is 1.86. The van der Waals surface area contributed by atoms with Gasteiger partial charge in [-0.2, -0.15) is 10.2 Å². The molecule has 0 fully saturated rings. The molecule has 0 radical (unpaired) electrons. The molecule has 2 heterocycles. The molecular weight excluding hydrogens is 392 g/mol. The van der Waals surface area contributed by atoms with Crippen molar-refractivity contribution in [2.45, 2.75) is 0 Å². The monoisotopic (exact) mass is 412 g/mol. The van der Waals surface area contributed by atoms with Gasteiger partial charge in [0.05, 0.1) is 18.5 Å². The molecule has 0 aliphatic rings. The van der Waals surface area contributed by atoms with Crippen molar-refractivity contribution < 1.29 is 4.74 Å². The number of hydrogen-bond acceptors (Lipinski definition) is 6. The summed E-state index contributed by atoms with van der Waals surface area (Å²) in [5, 5.41) is 8.82. The molecule has 4 rings (SSSR count). The highest BCUT2D eigenvalue weighted by Gasteiger charge is 2.15. The van der Waals surface area contributed by atoms with Crippen molar-refractivity contribution in [2.75, 3.05) is 7.11 Å². The molecule has 2 N–H and O–H groups in total. The fourth-order valence-electron chi connectivity index (χ4n) is 3.12. The predicted octanol–water partition coefficient (Wildman–Crippen LogP) is 3.02. The van der Waals surface area contributed by atoms with Gasteiger partial charge >= 0.3 is 0 Å². The van der Waals surface area contributed by atoms with Crippen LogP contribution < -0.4 is 15.9 Å². The fraction of sp³-hybridized carbons (Fsp3) is 0.0435. The number of aromatic nitrogens is 4. The van der Waals surface area contributed by atoms with Gasteiger partial charge in [-0.3, -0.25) is 4.79 Å². The third-order valence-corrected chi connectivity index (χ3v) is 4.49. The maximum absolute atomic E-state index is 12.6. The Kier molecular flexibility index (Phi) is 5.70. The zero-order valence-corrected chi connectivity index (χ0v) is 16.8. The van der Waals surface area contributed by atoms with Crippen LogP contribution in [-0.4, -0.2) is 32.4 Å². The molecule has 0 aliphatic heterocycles. The summed E-state index contributed by atoms with van der Waals surface area (Å²) in [6.45, 7) is 0. The number of para-hydroxylation sites is 2. The summed E-state index contributed by atoms with van der Waals surface area (Å²) in [6.07, 6.45) is 7.98. The number of benzene rings is 2. The predicted molar refractivity (Wildman–Crippen MR) is 119 cm³/mol. The van der Waals surface area contributed by atoms with Gasteiger partial charge in [-0.1, -0.05) is 24.3 Å². The van der Waals surface area contributed by atoms with E-state index in [4.69, 9.17) is 10.5 Å². The average Bonchev–Trinajstić information content (AvgIpc) is 3.34. The number of nitrogens with zero attached hydrogens (tertiary/aromatic N) is 5. The second-order valence-corrected chi connectivity index (χ2v) is 6.45. The topological polar surface area (TPSA) is 100 Å². The standard InChI is InChI=1S/C23H20N6O2/c1-31-23-19(28-15-6-14-25-28)9-5-10-20(23)29-16-12-21(30)22(27-29)18(11-13-24)26-17-7-3-2-4-8-17/h2-16H,24H2,1H3. The third-order valence-electron chi connectivity index (χ3n) is 4.49. The van der Waals surface area contributed by atoms with Gasteiger partial charge in [0.2, 0.25) is 5.43 Å². The van der Waals surface area contributed by atoms with Crippen molar-refractivity contribution in [1.82, 2.24) is 19.6 Å². The lowest BCUT2D eigenvalue weighted by molar-refractivity contribution is 0.408. The minimum atomic E-state index is -0.272. The molecule has 31 heavy (non-hydrogen) atoms. The van der Waals surface area contributed by atoms with Crippen molar-refractivity contribution in [3.05, 3.63) is 107 Å². The SMILES string of the molecule is COc1c(-n2cccn2)cccc1-n1ccc(=O)c(C(C=CN)=Nc2ccccc2)n1. The Labute approximate surface area is 178 Å². The summed E-state index contributed by atoms with van der Waals surface area (Å²) in [5.41, 5.74) is 7.94. The number of rotatable bonds is 6. The first-order chi connectivity index (χ1) is 15.2. The number of methoxy groups -OCH3 is 1. The smallest absolute Gasteiger partial charge is 0.209 e. The lowest BCUT2D eigenvalue weighted by Gasteiger charge is -2.15. The molecular formula is C23H20N6O2. The summed E-state index contributed by atoms with van der Waals surface area (Å²) < 4.78 is 8.94. The summed E-state index contributed by atoms with van der Waals surface area (Å²) >= 11 is 0. The molecule has 0 saturated carbocycles. The van der Waals surface area contributed by atoms with Gasteiger partial charge in [-0.25, -0.2) is 14.4 Å². The van der Waals surface area contributed by atoms with E-state index >= 15 is 0 Å². The molecule has 0 saturated heterocycles. The first-order valence-electron chi connectivity index (χ1n) is 9.51. The minimum Gasteiger partial charge on any atom is -0.492 e. The highest BCUT2D eigenvalue weighted by molar-refractivity contribution is 6.08. The maximum atomic E-state index is 12.6. The molecule has 2 aromatic carbocycles. The van der Waals surface area contributed by atoms with Crippen LogP contribution in [0.2, 0.25) is 0 Å². The highest BCUT2D eigenvalue weighted by atomic mass is 16.5. The van der Waals surface area contributed by atoms with E-state index in [0.29, 0.717) is 22.8 Å². The van der Waals surface area contributed by atoms with Gasteiger partial charge in [0.25, 0.3) is 0 Å². The van der Waals surface area contributed by atoms with Crippen LogP contribution in [0.25, 0.3) is 11.4 Å². The number of ether oxygens (including phenoxy) is 1. The van der Waals surface area contributed by atoms with Gasteiger partial charge in [0.15, 0.2) is 11.4 Å². The van der Waals surface area contributed by atoms with Crippen LogP contribution in [-0.2, 0) is 0 Å². The van der Waals surface area contributed by atoms with Crippen molar-refractivity contribution >= 4 is 11.4 Å². The van der Waals surface area contributed by atoms with Crippen molar-refractivity contribution in [3.8, 4) is 17.1 Å². The van der Waals surface area contributed by atoms with Crippen molar-refractivity contribution in [3.63, 3.8) is 0 Å². The largest absolute Gasteiger partial charge is 0.492 e. The zero-order valence-electron chi connectivity index (χ0n) is 16.8. The van der Waals surface area contributed by atoms with Crippen molar-refractivity contribution in [1.29, 1.82) is 0 Å². The number of aliphatic imine (C=N–C) groups is 1. The molecule has 2 aromatic heterocycles. The van der Waals surface area contributed by atoms with Crippen LogP contribution in [0.4, 0.5) is 5.69 Å². The molecule has 8 heteroatoms. The van der Waals surface area contributed by atoms with Gasteiger partial charge in [-0.15, -0.1) is 0 Å². The first-order valence-corrected chi connectivity index (χ1v) is 9.51. The molecule has 0 aliphatic carbocycles. The van der Waals surface area contributed by atoms with Crippen LogP contribution in [0.15, 0.2) is 101 Å². The molecule has 0 bridgehead atoms. The lowest BCUT2D eigenvalue weighted by Crippen LogP contribution is -2.20. The first kappa shape index (κ1) is 19.8. The Hall–Kier alpha value is -4.46. The number of allylic oxidation sites excluding steroid dienone is 1. The summed E-state index contributed by atoms with van der Waals surface area (Å²) in [5.74, 6) is 0.559. The zero-order chi connectivity index (χ0) is 21.6. The average molecular weight is 412 g/mol. The number of nitrogens with two attached hydrogens (primary N) is 1. The van der Waals surface area contributed by atoms with E-state index in [2.05, 4.69) is 15.2 Å². The van der Waals surface area contributed by atoms with E-state index in [1.165, 1.54) is 12.3 Å². The molecule has 4 aromatic rings. The van der Waals surface area contributed by atoms with E-state index in [0.717, 1.165) is 5.69 Å². The summed E-state index contributed by atoms with van der Waals surface area (Å²) in [6, 6.07) is 18.2. The molecule has 8 nitrogen and oxygen atoms in total. The summed E-state index contributed by atoms with van der Waals surface area (Å²) in [7, 11) is 1.58. The van der Waals surface area contributed by atoms with E-state index in [1.54, 1.807) is 34.9 Å². The Morgan fingerprint density at radius 3 is 2.45 bits per heavy atom. The third kappa shape index (κ3) is 4.13. The van der Waals surface area contributed by atoms with Crippen molar-refractivity contribution in [2.24, 2.45) is 10.7 Å². The fourth-order valence-corrected chi connectivity index (χ4v) is 3.12. The molecule has 0 unspecified atom stereocenters. The molecule has 154 valence electrons. The lowest BCUT2D eigenvalue weighted by atomic mass is 10.2. The number of hydrogen-bond donors (Lipinski definition) is 1. The second-order valence-electron chi connectivity index (χ2n) is 6.45. The highest BCUT2D eigenvalue weighted by Crippen LogP contribution is 2.29. The quantitative estimate of drug-likeness (QED) is 0.491. The van der Waals surface area contributed by atoms with Gasteiger partial charge in [0, 0.05) is 24.7 Å². The van der Waals surface area contributed by atoms with Crippen LogP contribution in [0, 0.1) is 0 Å². The van der Waals surface area contributed by atoms with E-state index < -0.39 is 0 Å². The Morgan fingerprint density at radius 2 is 1.77 bits per heavy atom. The maximum Gasteiger partial charge on any atom is 0.209 e.